The zero-order valence-corrected chi connectivity index (χ0v) is 13.8. The minimum absolute atomic E-state index is 0.179. The summed E-state index contributed by atoms with van der Waals surface area (Å²) in [5.41, 5.74) is 2.62. The summed E-state index contributed by atoms with van der Waals surface area (Å²) in [4.78, 5) is 19.0. The molecule has 3 N–H and O–H groups in total. The Balaban J connectivity index is 1.85. The Hall–Kier alpha value is -3.42. The molecule has 3 aromatic rings. The third-order valence-corrected chi connectivity index (χ3v) is 4.28. The third kappa shape index (κ3) is 2.75. The molecule has 0 atom stereocenters. The standard InChI is InChI=1S/C18H15FN4O3/c1-9-13(8-22-17-16(9)20-2-3-26-17)12-4-10-6-15(23-18(24)25)21-7-11(10)5-14(12)19/h4-8,20H,2-3H2,1H3,(H,21,23)(H,24,25). The Kier molecular flexibility index (Phi) is 3.80. The lowest BCUT2D eigenvalue weighted by Gasteiger charge is -2.21. The largest absolute Gasteiger partial charge is 0.474 e. The van der Waals surface area contributed by atoms with Crippen LogP contribution in [0.5, 0.6) is 5.88 Å². The topological polar surface area (TPSA) is 96.4 Å². The van der Waals surface area contributed by atoms with Gasteiger partial charge in [-0.05, 0) is 36.1 Å². The first-order chi connectivity index (χ1) is 12.5. The number of carboxylic acid groups (broad SMARTS) is 1. The summed E-state index contributed by atoms with van der Waals surface area (Å²) in [5.74, 6) is 0.286. The number of ether oxygens (including phenoxy) is 1. The number of rotatable bonds is 2. The van der Waals surface area contributed by atoms with Gasteiger partial charge in [0.25, 0.3) is 0 Å². The Morgan fingerprint density at radius 3 is 2.88 bits per heavy atom. The molecule has 0 fully saturated rings. The summed E-state index contributed by atoms with van der Waals surface area (Å²) >= 11 is 0. The molecule has 0 saturated carbocycles. The Bertz CT molecular complexity index is 1040. The van der Waals surface area contributed by atoms with Crippen molar-refractivity contribution in [2.24, 2.45) is 0 Å². The zero-order chi connectivity index (χ0) is 18.3. The molecular weight excluding hydrogens is 339 g/mol. The van der Waals surface area contributed by atoms with E-state index in [0.29, 0.717) is 40.9 Å². The molecule has 7 nitrogen and oxygen atoms in total. The highest BCUT2D eigenvalue weighted by atomic mass is 19.1. The van der Waals surface area contributed by atoms with E-state index in [1.165, 1.54) is 12.3 Å². The minimum Gasteiger partial charge on any atom is -0.474 e. The summed E-state index contributed by atoms with van der Waals surface area (Å²) in [6.07, 6.45) is 1.81. The van der Waals surface area contributed by atoms with Crippen LogP contribution in [0, 0.1) is 12.7 Å². The highest BCUT2D eigenvalue weighted by molar-refractivity contribution is 5.92. The molecule has 1 amide bonds. The van der Waals surface area contributed by atoms with E-state index in [1.54, 1.807) is 18.3 Å². The van der Waals surface area contributed by atoms with E-state index >= 15 is 0 Å². The minimum atomic E-state index is -1.21. The lowest BCUT2D eigenvalue weighted by Crippen LogP contribution is -2.20. The zero-order valence-electron chi connectivity index (χ0n) is 13.8. The number of benzene rings is 1. The van der Waals surface area contributed by atoms with Crippen LogP contribution < -0.4 is 15.4 Å². The number of hydrogen-bond donors (Lipinski definition) is 3. The van der Waals surface area contributed by atoms with Crippen LogP contribution in [0.4, 0.5) is 20.7 Å². The predicted octanol–water partition coefficient (Wildman–Crippen LogP) is 3.64. The molecule has 0 unspecified atom stereocenters. The Labute approximate surface area is 147 Å². The maximum Gasteiger partial charge on any atom is 0.410 e. The van der Waals surface area contributed by atoms with Crippen molar-refractivity contribution in [3.8, 4) is 17.0 Å². The van der Waals surface area contributed by atoms with Crippen LogP contribution in [0.1, 0.15) is 5.56 Å². The summed E-state index contributed by atoms with van der Waals surface area (Å²) in [5, 5.41) is 15.5. The van der Waals surface area contributed by atoms with Crippen LogP contribution in [0.2, 0.25) is 0 Å². The fourth-order valence-corrected chi connectivity index (χ4v) is 3.04. The number of anilines is 2. The number of amides is 1. The molecule has 132 valence electrons. The number of aromatic nitrogens is 2. The molecule has 0 radical (unpaired) electrons. The average molecular weight is 354 g/mol. The smallest absolute Gasteiger partial charge is 0.410 e. The van der Waals surface area contributed by atoms with E-state index < -0.39 is 11.9 Å². The van der Waals surface area contributed by atoms with Crippen LogP contribution in [0.15, 0.2) is 30.6 Å². The maximum atomic E-state index is 14.7. The van der Waals surface area contributed by atoms with Gasteiger partial charge in [0.2, 0.25) is 5.88 Å². The number of hydrogen-bond acceptors (Lipinski definition) is 5. The van der Waals surface area contributed by atoms with Crippen molar-refractivity contribution in [1.29, 1.82) is 0 Å². The van der Waals surface area contributed by atoms with Crippen molar-refractivity contribution >= 4 is 28.4 Å². The van der Waals surface area contributed by atoms with Gasteiger partial charge in [-0.25, -0.2) is 19.2 Å². The Morgan fingerprint density at radius 1 is 1.23 bits per heavy atom. The fraction of sp³-hybridized carbons (Fsp3) is 0.167. The summed E-state index contributed by atoms with van der Waals surface area (Å²) < 4.78 is 20.2. The number of carbonyl (C=O) groups is 1. The summed E-state index contributed by atoms with van der Waals surface area (Å²) in [6, 6.07) is 4.61. The second kappa shape index (κ2) is 6.14. The van der Waals surface area contributed by atoms with E-state index in [-0.39, 0.29) is 5.82 Å². The molecule has 0 spiro atoms. The van der Waals surface area contributed by atoms with Gasteiger partial charge in [0.1, 0.15) is 23.9 Å². The van der Waals surface area contributed by atoms with E-state index in [2.05, 4.69) is 20.6 Å². The first kappa shape index (κ1) is 16.1. The number of fused-ring (bicyclic) bond motifs is 2. The van der Waals surface area contributed by atoms with Crippen LogP contribution in [0.25, 0.3) is 21.9 Å². The molecule has 26 heavy (non-hydrogen) atoms. The monoisotopic (exact) mass is 354 g/mol. The van der Waals surface area contributed by atoms with E-state index in [0.717, 1.165) is 11.3 Å². The number of halogens is 1. The molecular formula is C18H15FN4O3. The molecule has 2 aromatic heterocycles. The summed E-state index contributed by atoms with van der Waals surface area (Å²) in [7, 11) is 0. The Morgan fingerprint density at radius 2 is 2.08 bits per heavy atom. The number of nitrogens with one attached hydrogen (secondary N) is 2. The first-order valence-electron chi connectivity index (χ1n) is 7.99. The molecule has 3 heterocycles. The van der Waals surface area contributed by atoms with Gasteiger partial charge in [0.05, 0.1) is 0 Å². The van der Waals surface area contributed by atoms with E-state index in [1.807, 2.05) is 6.92 Å². The number of pyridine rings is 2. The molecule has 1 aromatic carbocycles. The van der Waals surface area contributed by atoms with Gasteiger partial charge >= 0.3 is 6.09 Å². The summed E-state index contributed by atoms with van der Waals surface area (Å²) in [6.45, 7) is 3.08. The van der Waals surface area contributed by atoms with Gasteiger partial charge in [-0.3, -0.25) is 5.32 Å². The van der Waals surface area contributed by atoms with Gasteiger partial charge in [-0.2, -0.15) is 0 Å². The lowest BCUT2D eigenvalue weighted by atomic mass is 9.98. The van der Waals surface area contributed by atoms with Crippen molar-refractivity contribution in [3.05, 3.63) is 42.0 Å². The fourth-order valence-electron chi connectivity index (χ4n) is 3.04. The highest BCUT2D eigenvalue weighted by Gasteiger charge is 2.19. The molecule has 1 aliphatic heterocycles. The SMILES string of the molecule is Cc1c(-c2cc3cc(NC(=O)O)ncc3cc2F)cnc2c1NCCO2. The van der Waals surface area contributed by atoms with Gasteiger partial charge in [0.15, 0.2) is 0 Å². The molecule has 0 bridgehead atoms. The van der Waals surface area contributed by atoms with E-state index in [4.69, 9.17) is 9.84 Å². The van der Waals surface area contributed by atoms with Crippen LogP contribution in [-0.2, 0) is 0 Å². The molecule has 0 aliphatic carbocycles. The van der Waals surface area contributed by atoms with Gasteiger partial charge < -0.3 is 15.2 Å². The van der Waals surface area contributed by atoms with Crippen molar-refractivity contribution in [2.75, 3.05) is 23.8 Å². The average Bonchev–Trinajstić information content (AvgIpc) is 2.62. The van der Waals surface area contributed by atoms with Crippen molar-refractivity contribution in [1.82, 2.24) is 9.97 Å². The molecule has 4 rings (SSSR count). The van der Waals surface area contributed by atoms with Crippen LogP contribution in [-0.4, -0.2) is 34.3 Å². The van der Waals surface area contributed by atoms with Crippen LogP contribution >= 0.6 is 0 Å². The normalized spacial score (nSPS) is 12.8. The lowest BCUT2D eigenvalue weighted by molar-refractivity contribution is 0.209. The molecule has 1 aliphatic rings. The van der Waals surface area contributed by atoms with Crippen molar-refractivity contribution in [3.63, 3.8) is 0 Å². The molecule has 8 heteroatoms. The number of nitrogens with zero attached hydrogens (tertiary/aromatic N) is 2. The van der Waals surface area contributed by atoms with Crippen LogP contribution in [0.3, 0.4) is 0 Å². The second-order valence-corrected chi connectivity index (χ2v) is 5.93. The quantitative estimate of drug-likeness (QED) is 0.650. The van der Waals surface area contributed by atoms with Gasteiger partial charge in [0, 0.05) is 35.5 Å². The van der Waals surface area contributed by atoms with Crippen molar-refractivity contribution in [2.45, 2.75) is 6.92 Å². The second-order valence-electron chi connectivity index (χ2n) is 5.93. The molecule has 0 saturated heterocycles. The van der Waals surface area contributed by atoms with E-state index in [9.17, 15) is 9.18 Å². The third-order valence-electron chi connectivity index (χ3n) is 4.28. The van der Waals surface area contributed by atoms with Crippen molar-refractivity contribution < 1.29 is 19.0 Å². The van der Waals surface area contributed by atoms with Gasteiger partial charge in [-0.1, -0.05) is 0 Å². The van der Waals surface area contributed by atoms with Gasteiger partial charge in [-0.15, -0.1) is 0 Å². The highest BCUT2D eigenvalue weighted by Crippen LogP contribution is 2.37. The first-order valence-corrected chi connectivity index (χ1v) is 7.99. The predicted molar refractivity (Wildman–Crippen MR) is 95.3 cm³/mol. The maximum absolute atomic E-state index is 14.7.